The Labute approximate surface area is 187 Å². The third-order valence-electron chi connectivity index (χ3n) is 4.80. The molecule has 0 aliphatic carbocycles. The minimum absolute atomic E-state index is 0. The predicted molar refractivity (Wildman–Crippen MR) is 123 cm³/mol. The average molecular weight is 516 g/mol. The average Bonchev–Trinajstić information content (AvgIpc) is 2.72. The van der Waals surface area contributed by atoms with E-state index in [4.69, 9.17) is 0 Å². The third-order valence-corrected chi connectivity index (χ3v) is 4.80. The van der Waals surface area contributed by atoms with Crippen molar-refractivity contribution in [1.29, 1.82) is 0 Å². The predicted octanol–water partition coefficient (Wildman–Crippen LogP) is 3.36. The fourth-order valence-corrected chi connectivity index (χ4v) is 3.31. The van der Waals surface area contributed by atoms with Crippen LogP contribution < -0.4 is 10.2 Å². The summed E-state index contributed by atoms with van der Waals surface area (Å²) >= 11 is 0. The van der Waals surface area contributed by atoms with E-state index < -0.39 is 5.82 Å². The van der Waals surface area contributed by atoms with Crippen LogP contribution in [0.25, 0.3) is 0 Å². The van der Waals surface area contributed by atoms with E-state index in [2.05, 4.69) is 15.2 Å². The quantitative estimate of drug-likeness (QED) is 0.364. The molecule has 1 fully saturated rings. The van der Waals surface area contributed by atoms with Crippen LogP contribution in [0, 0.1) is 11.6 Å². The summed E-state index contributed by atoms with van der Waals surface area (Å²) in [6.07, 6.45) is 0. The zero-order valence-corrected chi connectivity index (χ0v) is 18.8. The van der Waals surface area contributed by atoms with Crippen LogP contribution in [-0.4, -0.2) is 48.7 Å². The Morgan fingerprint density at radius 3 is 2.45 bits per heavy atom. The van der Waals surface area contributed by atoms with Crippen molar-refractivity contribution in [3.8, 4) is 0 Å². The maximum absolute atomic E-state index is 14.0. The van der Waals surface area contributed by atoms with Gasteiger partial charge >= 0.3 is 0 Å². The van der Waals surface area contributed by atoms with Crippen molar-refractivity contribution in [2.24, 2.45) is 4.99 Å². The van der Waals surface area contributed by atoms with Gasteiger partial charge in [-0.05, 0) is 36.8 Å². The van der Waals surface area contributed by atoms with Gasteiger partial charge in [-0.1, -0.05) is 18.2 Å². The Morgan fingerprint density at radius 2 is 1.79 bits per heavy atom. The lowest BCUT2D eigenvalue weighted by Crippen LogP contribution is -2.52. The highest BCUT2D eigenvalue weighted by Gasteiger charge is 2.21. The van der Waals surface area contributed by atoms with Gasteiger partial charge in [-0.15, -0.1) is 24.0 Å². The van der Waals surface area contributed by atoms with Crippen LogP contribution in [0.4, 0.5) is 14.5 Å². The number of guanidine groups is 1. The van der Waals surface area contributed by atoms with Gasteiger partial charge in [0.25, 0.3) is 0 Å². The first-order chi connectivity index (χ1) is 13.6. The molecule has 1 aliphatic heterocycles. The standard InChI is InChI=1S/C21H26F2N4O.HI/c1-2-24-21(25-14-16-7-8-18(22)17(13-16)15-28)27-11-9-26(10-12-27)20-6-4-3-5-19(20)23;/h3-8,13,28H,2,9-12,14-15H2,1H3,(H,24,25);1H. The molecule has 2 aromatic carbocycles. The van der Waals surface area contributed by atoms with Crippen LogP contribution in [-0.2, 0) is 13.2 Å². The van der Waals surface area contributed by atoms with E-state index >= 15 is 0 Å². The normalized spacial score (nSPS) is 14.6. The molecular weight excluding hydrogens is 489 g/mol. The Balaban J connectivity index is 0.00000300. The number of nitrogens with one attached hydrogen (secondary N) is 1. The van der Waals surface area contributed by atoms with Gasteiger partial charge < -0.3 is 20.2 Å². The summed E-state index contributed by atoms with van der Waals surface area (Å²) in [6, 6.07) is 11.5. The van der Waals surface area contributed by atoms with E-state index in [0.717, 1.165) is 31.2 Å². The number of para-hydroxylation sites is 1. The van der Waals surface area contributed by atoms with Crippen LogP contribution in [0.3, 0.4) is 0 Å². The number of hydrogen-bond donors (Lipinski definition) is 2. The topological polar surface area (TPSA) is 51.1 Å². The highest BCUT2D eigenvalue weighted by atomic mass is 127. The molecule has 8 heteroatoms. The van der Waals surface area contributed by atoms with E-state index in [1.807, 2.05) is 17.9 Å². The lowest BCUT2D eigenvalue weighted by molar-refractivity contribution is 0.275. The Kier molecular flexibility index (Phi) is 9.09. The molecule has 0 saturated carbocycles. The maximum atomic E-state index is 14.0. The SMILES string of the molecule is CCNC(=NCc1ccc(F)c(CO)c1)N1CCN(c2ccccc2F)CC1.I. The second kappa shape index (κ2) is 11.3. The molecule has 0 unspecified atom stereocenters. The summed E-state index contributed by atoms with van der Waals surface area (Å²) in [5.41, 5.74) is 1.74. The van der Waals surface area contributed by atoms with Gasteiger partial charge in [0, 0.05) is 38.3 Å². The molecule has 5 nitrogen and oxygen atoms in total. The molecule has 0 bridgehead atoms. The smallest absolute Gasteiger partial charge is 0.194 e. The minimum Gasteiger partial charge on any atom is -0.392 e. The van der Waals surface area contributed by atoms with Crippen LogP contribution >= 0.6 is 24.0 Å². The molecule has 1 heterocycles. The molecule has 29 heavy (non-hydrogen) atoms. The van der Waals surface area contributed by atoms with Crippen molar-refractivity contribution in [1.82, 2.24) is 10.2 Å². The monoisotopic (exact) mass is 516 g/mol. The Hall–Kier alpha value is -1.94. The lowest BCUT2D eigenvalue weighted by Gasteiger charge is -2.37. The zero-order chi connectivity index (χ0) is 19.9. The summed E-state index contributed by atoms with van der Waals surface area (Å²) < 4.78 is 27.6. The number of nitrogens with zero attached hydrogens (tertiary/aromatic N) is 3. The minimum atomic E-state index is -0.411. The first-order valence-corrected chi connectivity index (χ1v) is 9.53. The Bertz CT molecular complexity index is 826. The summed E-state index contributed by atoms with van der Waals surface area (Å²) in [5.74, 6) is 0.171. The van der Waals surface area contributed by atoms with Crippen LogP contribution in [0.2, 0.25) is 0 Å². The molecule has 0 radical (unpaired) electrons. The number of aliphatic imine (C=N–C) groups is 1. The van der Waals surface area contributed by atoms with E-state index in [9.17, 15) is 13.9 Å². The van der Waals surface area contributed by atoms with E-state index in [-0.39, 0.29) is 42.0 Å². The molecule has 3 rings (SSSR count). The molecular formula is C21H27F2IN4O. The van der Waals surface area contributed by atoms with E-state index in [1.165, 1.54) is 12.1 Å². The van der Waals surface area contributed by atoms with Crippen molar-refractivity contribution in [3.05, 3.63) is 65.2 Å². The number of aliphatic hydroxyl groups excluding tert-OH is 1. The molecule has 1 saturated heterocycles. The molecule has 0 aromatic heterocycles. The highest BCUT2D eigenvalue weighted by Crippen LogP contribution is 2.20. The number of piperazine rings is 1. The van der Waals surface area contributed by atoms with Crippen molar-refractivity contribution in [2.75, 3.05) is 37.6 Å². The number of halogens is 3. The van der Waals surface area contributed by atoms with Crippen molar-refractivity contribution in [2.45, 2.75) is 20.1 Å². The largest absolute Gasteiger partial charge is 0.392 e. The van der Waals surface area contributed by atoms with Crippen LogP contribution in [0.5, 0.6) is 0 Å². The number of benzene rings is 2. The molecule has 1 aliphatic rings. The zero-order valence-electron chi connectivity index (χ0n) is 16.4. The van der Waals surface area contributed by atoms with Gasteiger partial charge in [-0.2, -0.15) is 0 Å². The molecule has 2 N–H and O–H groups in total. The molecule has 0 atom stereocenters. The summed E-state index contributed by atoms with van der Waals surface area (Å²) in [6.45, 7) is 5.67. The summed E-state index contributed by atoms with van der Waals surface area (Å²) in [7, 11) is 0. The fraction of sp³-hybridized carbons (Fsp3) is 0.381. The number of rotatable bonds is 5. The lowest BCUT2D eigenvalue weighted by atomic mass is 10.1. The van der Waals surface area contributed by atoms with Gasteiger partial charge in [-0.25, -0.2) is 13.8 Å². The first-order valence-electron chi connectivity index (χ1n) is 9.53. The van der Waals surface area contributed by atoms with Gasteiger partial charge in [-0.3, -0.25) is 0 Å². The van der Waals surface area contributed by atoms with E-state index in [0.29, 0.717) is 25.3 Å². The highest BCUT2D eigenvalue weighted by molar-refractivity contribution is 14.0. The second-order valence-corrected chi connectivity index (χ2v) is 6.68. The molecule has 0 spiro atoms. The van der Waals surface area contributed by atoms with Crippen LogP contribution in [0.15, 0.2) is 47.5 Å². The fourth-order valence-electron chi connectivity index (χ4n) is 3.31. The van der Waals surface area contributed by atoms with Gasteiger partial charge in [0.05, 0.1) is 18.8 Å². The first kappa shape index (κ1) is 23.3. The Morgan fingerprint density at radius 1 is 1.07 bits per heavy atom. The number of anilines is 1. The maximum Gasteiger partial charge on any atom is 0.194 e. The third kappa shape index (κ3) is 6.02. The van der Waals surface area contributed by atoms with Gasteiger partial charge in [0.15, 0.2) is 5.96 Å². The van der Waals surface area contributed by atoms with Gasteiger partial charge in [0.2, 0.25) is 0 Å². The van der Waals surface area contributed by atoms with Crippen molar-refractivity contribution in [3.63, 3.8) is 0 Å². The van der Waals surface area contributed by atoms with Gasteiger partial charge in [0.1, 0.15) is 11.6 Å². The molecule has 0 amide bonds. The summed E-state index contributed by atoms with van der Waals surface area (Å²) in [5, 5.41) is 12.5. The van der Waals surface area contributed by atoms with Crippen molar-refractivity contribution >= 4 is 35.6 Å². The number of hydrogen-bond acceptors (Lipinski definition) is 3. The molecule has 158 valence electrons. The van der Waals surface area contributed by atoms with Crippen LogP contribution in [0.1, 0.15) is 18.1 Å². The number of aliphatic hydroxyl groups is 1. The molecule has 2 aromatic rings. The van der Waals surface area contributed by atoms with Crippen molar-refractivity contribution < 1.29 is 13.9 Å². The second-order valence-electron chi connectivity index (χ2n) is 6.68. The summed E-state index contributed by atoms with van der Waals surface area (Å²) in [4.78, 5) is 8.86. The van der Waals surface area contributed by atoms with E-state index in [1.54, 1.807) is 24.3 Å².